The van der Waals surface area contributed by atoms with Crippen LogP contribution in [0.15, 0.2) is 65.1 Å². The Bertz CT molecular complexity index is 800. The topological polar surface area (TPSA) is 59.2 Å². The van der Waals surface area contributed by atoms with Gasteiger partial charge in [0.1, 0.15) is 0 Å². The monoisotopic (exact) mass is 335 g/mol. The fraction of sp³-hybridized carbons (Fsp3) is 0.250. The standard InChI is InChI=1S/C20H21N3O2/c1-2-23(15-16-9-5-3-6-10-16)19(24)14-13-18-21-22-20(25-18)17-11-7-4-8-12-17/h3-12H,2,13-15H2,1H3. The van der Waals surface area contributed by atoms with Gasteiger partial charge in [0.15, 0.2) is 0 Å². The number of benzene rings is 2. The molecule has 0 N–H and O–H groups in total. The van der Waals surface area contributed by atoms with Crippen LogP contribution >= 0.6 is 0 Å². The number of nitrogens with zero attached hydrogens (tertiary/aromatic N) is 3. The van der Waals surface area contributed by atoms with Gasteiger partial charge in [-0.05, 0) is 24.6 Å². The quantitative estimate of drug-likeness (QED) is 0.660. The highest BCUT2D eigenvalue weighted by molar-refractivity contribution is 5.76. The van der Waals surface area contributed by atoms with Gasteiger partial charge in [-0.3, -0.25) is 4.79 Å². The first-order valence-electron chi connectivity index (χ1n) is 8.45. The average molecular weight is 335 g/mol. The van der Waals surface area contributed by atoms with Crippen LogP contribution in [0.5, 0.6) is 0 Å². The molecule has 1 aromatic heterocycles. The number of hydrogen-bond acceptors (Lipinski definition) is 4. The van der Waals surface area contributed by atoms with E-state index in [0.717, 1.165) is 11.1 Å². The first-order valence-corrected chi connectivity index (χ1v) is 8.45. The fourth-order valence-electron chi connectivity index (χ4n) is 2.60. The Morgan fingerprint density at radius 2 is 1.68 bits per heavy atom. The maximum atomic E-state index is 12.5. The smallest absolute Gasteiger partial charge is 0.247 e. The maximum absolute atomic E-state index is 12.5. The third-order valence-corrected chi connectivity index (χ3v) is 3.99. The number of hydrogen-bond donors (Lipinski definition) is 0. The predicted octanol–water partition coefficient (Wildman–Crippen LogP) is 3.72. The van der Waals surface area contributed by atoms with Crippen LogP contribution in [0.4, 0.5) is 0 Å². The lowest BCUT2D eigenvalue weighted by atomic mass is 10.2. The Morgan fingerprint density at radius 1 is 1.00 bits per heavy atom. The highest BCUT2D eigenvalue weighted by Crippen LogP contribution is 2.17. The molecule has 0 atom stereocenters. The average Bonchev–Trinajstić information content (AvgIpc) is 3.15. The molecule has 5 heteroatoms. The molecule has 2 aromatic carbocycles. The van der Waals surface area contributed by atoms with Gasteiger partial charge in [-0.15, -0.1) is 10.2 Å². The van der Waals surface area contributed by atoms with Gasteiger partial charge in [0, 0.05) is 31.5 Å². The van der Waals surface area contributed by atoms with E-state index in [-0.39, 0.29) is 5.91 Å². The maximum Gasteiger partial charge on any atom is 0.247 e. The fourth-order valence-corrected chi connectivity index (χ4v) is 2.60. The van der Waals surface area contributed by atoms with Crippen molar-refractivity contribution in [3.05, 3.63) is 72.1 Å². The molecule has 0 spiro atoms. The zero-order valence-electron chi connectivity index (χ0n) is 14.3. The number of carbonyl (C=O) groups is 1. The summed E-state index contributed by atoms with van der Waals surface area (Å²) in [5, 5.41) is 8.10. The van der Waals surface area contributed by atoms with Crippen LogP contribution in [0.3, 0.4) is 0 Å². The molecule has 3 aromatic rings. The molecular formula is C20H21N3O2. The lowest BCUT2D eigenvalue weighted by Gasteiger charge is -2.20. The summed E-state index contributed by atoms with van der Waals surface area (Å²) in [6.45, 7) is 3.28. The number of aromatic nitrogens is 2. The van der Waals surface area contributed by atoms with Crippen molar-refractivity contribution in [2.24, 2.45) is 0 Å². The number of amides is 1. The van der Waals surface area contributed by atoms with Gasteiger partial charge in [-0.1, -0.05) is 48.5 Å². The summed E-state index contributed by atoms with van der Waals surface area (Å²) in [5.41, 5.74) is 2.01. The van der Waals surface area contributed by atoms with Crippen molar-refractivity contribution in [3.63, 3.8) is 0 Å². The van der Waals surface area contributed by atoms with Crippen molar-refractivity contribution in [1.29, 1.82) is 0 Å². The largest absolute Gasteiger partial charge is 0.421 e. The normalized spacial score (nSPS) is 10.6. The SMILES string of the molecule is CCN(Cc1ccccc1)C(=O)CCc1nnc(-c2ccccc2)o1. The third-order valence-electron chi connectivity index (χ3n) is 3.99. The molecule has 0 radical (unpaired) electrons. The Kier molecular flexibility index (Phi) is 5.57. The summed E-state index contributed by atoms with van der Waals surface area (Å²) in [6.07, 6.45) is 0.807. The summed E-state index contributed by atoms with van der Waals surface area (Å²) in [4.78, 5) is 14.3. The predicted molar refractivity (Wildman–Crippen MR) is 95.6 cm³/mol. The molecule has 0 unspecified atom stereocenters. The van der Waals surface area contributed by atoms with E-state index >= 15 is 0 Å². The van der Waals surface area contributed by atoms with Crippen LogP contribution in [-0.4, -0.2) is 27.5 Å². The third kappa shape index (κ3) is 4.53. The first kappa shape index (κ1) is 16.9. The minimum absolute atomic E-state index is 0.0887. The number of rotatable bonds is 7. The molecule has 3 rings (SSSR count). The highest BCUT2D eigenvalue weighted by atomic mass is 16.4. The molecular weight excluding hydrogens is 314 g/mol. The van der Waals surface area contributed by atoms with Gasteiger partial charge in [0.05, 0.1) is 0 Å². The van der Waals surface area contributed by atoms with Crippen molar-refractivity contribution in [1.82, 2.24) is 15.1 Å². The van der Waals surface area contributed by atoms with E-state index in [2.05, 4.69) is 10.2 Å². The second kappa shape index (κ2) is 8.24. The van der Waals surface area contributed by atoms with Crippen LogP contribution in [0.2, 0.25) is 0 Å². The molecule has 0 saturated heterocycles. The molecule has 128 valence electrons. The number of aryl methyl sites for hydroxylation is 1. The Hall–Kier alpha value is -2.95. The van der Waals surface area contributed by atoms with E-state index in [1.54, 1.807) is 0 Å². The van der Waals surface area contributed by atoms with E-state index in [9.17, 15) is 4.79 Å². The zero-order chi connectivity index (χ0) is 17.5. The summed E-state index contributed by atoms with van der Waals surface area (Å²) in [6, 6.07) is 19.6. The molecule has 1 heterocycles. The van der Waals surface area contributed by atoms with E-state index in [1.807, 2.05) is 72.5 Å². The van der Waals surface area contributed by atoms with Gasteiger partial charge >= 0.3 is 0 Å². The zero-order valence-corrected chi connectivity index (χ0v) is 14.3. The molecule has 25 heavy (non-hydrogen) atoms. The molecule has 0 saturated carbocycles. The minimum atomic E-state index is 0.0887. The van der Waals surface area contributed by atoms with Crippen molar-refractivity contribution in [2.45, 2.75) is 26.3 Å². The minimum Gasteiger partial charge on any atom is -0.421 e. The van der Waals surface area contributed by atoms with Crippen LogP contribution in [0.1, 0.15) is 24.8 Å². The Labute approximate surface area is 147 Å². The lowest BCUT2D eigenvalue weighted by molar-refractivity contribution is -0.131. The van der Waals surface area contributed by atoms with E-state index < -0.39 is 0 Å². The number of carbonyl (C=O) groups excluding carboxylic acids is 1. The first-order chi connectivity index (χ1) is 12.3. The van der Waals surface area contributed by atoms with Crippen molar-refractivity contribution >= 4 is 5.91 Å². The lowest BCUT2D eigenvalue weighted by Crippen LogP contribution is -2.30. The second-order valence-corrected chi connectivity index (χ2v) is 5.76. The Morgan fingerprint density at radius 3 is 2.36 bits per heavy atom. The van der Waals surface area contributed by atoms with Crippen LogP contribution in [0, 0.1) is 0 Å². The highest BCUT2D eigenvalue weighted by Gasteiger charge is 2.15. The molecule has 0 aliphatic heterocycles. The molecule has 0 fully saturated rings. The molecule has 0 bridgehead atoms. The van der Waals surface area contributed by atoms with Crippen molar-refractivity contribution in [3.8, 4) is 11.5 Å². The second-order valence-electron chi connectivity index (χ2n) is 5.76. The van der Waals surface area contributed by atoms with E-state index in [1.165, 1.54) is 0 Å². The van der Waals surface area contributed by atoms with Gasteiger partial charge < -0.3 is 9.32 Å². The van der Waals surface area contributed by atoms with Crippen LogP contribution in [-0.2, 0) is 17.8 Å². The van der Waals surface area contributed by atoms with Crippen LogP contribution in [0.25, 0.3) is 11.5 Å². The van der Waals surface area contributed by atoms with E-state index in [0.29, 0.717) is 37.7 Å². The van der Waals surface area contributed by atoms with Gasteiger partial charge in [-0.2, -0.15) is 0 Å². The molecule has 0 aliphatic carbocycles. The molecule has 0 aliphatic rings. The van der Waals surface area contributed by atoms with Crippen LogP contribution < -0.4 is 0 Å². The van der Waals surface area contributed by atoms with Crippen molar-refractivity contribution < 1.29 is 9.21 Å². The summed E-state index contributed by atoms with van der Waals surface area (Å²) < 4.78 is 5.66. The van der Waals surface area contributed by atoms with Gasteiger partial charge in [-0.25, -0.2) is 0 Å². The molecule has 1 amide bonds. The van der Waals surface area contributed by atoms with E-state index in [4.69, 9.17) is 4.42 Å². The summed E-state index contributed by atoms with van der Waals surface area (Å²) in [5.74, 6) is 1.06. The summed E-state index contributed by atoms with van der Waals surface area (Å²) >= 11 is 0. The molecule has 5 nitrogen and oxygen atoms in total. The Balaban J connectivity index is 1.57. The summed E-state index contributed by atoms with van der Waals surface area (Å²) in [7, 11) is 0. The van der Waals surface area contributed by atoms with Gasteiger partial charge in [0.25, 0.3) is 0 Å². The van der Waals surface area contributed by atoms with Crippen molar-refractivity contribution in [2.75, 3.05) is 6.54 Å². The van der Waals surface area contributed by atoms with Gasteiger partial charge in [0.2, 0.25) is 17.7 Å².